The van der Waals surface area contributed by atoms with Crippen LogP contribution in [0.25, 0.3) is 0 Å². The van der Waals surface area contributed by atoms with E-state index in [9.17, 15) is 20.1 Å². The molecular formula is C28H23B4Cl2FN2O5. The van der Waals surface area contributed by atoms with Crippen LogP contribution in [0.1, 0.15) is 52.5 Å². The number of ether oxygens (including phenoxy) is 1. The third-order valence-corrected chi connectivity index (χ3v) is 8.62. The number of carbonyl (C=O) groups excluding carboxylic acids is 1. The summed E-state index contributed by atoms with van der Waals surface area (Å²) in [7, 11) is 24.9. The number of rotatable bonds is 9. The van der Waals surface area contributed by atoms with E-state index < -0.39 is 45.9 Å². The summed E-state index contributed by atoms with van der Waals surface area (Å²) in [5.74, 6) is -1.70. The van der Waals surface area contributed by atoms with Gasteiger partial charge in [0.1, 0.15) is 27.1 Å². The molecule has 2 aliphatic rings. The highest BCUT2D eigenvalue weighted by atomic mass is 35.5. The minimum Gasteiger partial charge on any atom is -0.409 e. The minimum atomic E-state index is -2.39. The van der Waals surface area contributed by atoms with E-state index in [1.807, 2.05) is 0 Å². The Bertz CT molecular complexity index is 1530. The maximum atomic E-state index is 16.4. The smallest absolute Gasteiger partial charge is 0.257 e. The van der Waals surface area contributed by atoms with Gasteiger partial charge in [0.2, 0.25) is 0 Å². The number of fused-ring (bicyclic) bond motifs is 1. The molecule has 3 aromatic rings. The second-order valence-electron chi connectivity index (χ2n) is 11.1. The molecule has 2 atom stereocenters. The first-order valence-electron chi connectivity index (χ1n) is 12.9. The zero-order chi connectivity index (χ0) is 30.9. The number of aromatic nitrogens is 1. The molecule has 1 amide bonds. The van der Waals surface area contributed by atoms with Gasteiger partial charge in [-0.3, -0.25) is 14.7 Å². The van der Waals surface area contributed by atoms with Crippen molar-refractivity contribution in [2.75, 3.05) is 6.61 Å². The lowest BCUT2D eigenvalue weighted by Crippen LogP contribution is -2.62. The molecule has 0 bridgehead atoms. The number of benzene rings is 2. The molecule has 14 heteroatoms. The van der Waals surface area contributed by atoms with Crippen molar-refractivity contribution in [2.45, 2.75) is 48.4 Å². The van der Waals surface area contributed by atoms with Gasteiger partial charge in [0.15, 0.2) is 5.72 Å². The molecule has 0 spiro atoms. The van der Waals surface area contributed by atoms with E-state index in [0.29, 0.717) is 15.7 Å². The Balaban J connectivity index is 1.81. The Morgan fingerprint density at radius 1 is 1.05 bits per heavy atom. The minimum absolute atomic E-state index is 0.0604. The van der Waals surface area contributed by atoms with Gasteiger partial charge in [-0.15, -0.1) is 0 Å². The maximum absolute atomic E-state index is 16.4. The fourth-order valence-electron chi connectivity index (χ4n) is 5.50. The number of hydrogen-bond acceptors (Lipinski definition) is 6. The fraction of sp³-hybridized carbons (Fsp3) is 0.357. The third kappa shape index (κ3) is 4.90. The summed E-state index contributed by atoms with van der Waals surface area (Å²) >= 11 is 12.2. The number of halogens is 3. The predicted molar refractivity (Wildman–Crippen MR) is 158 cm³/mol. The van der Waals surface area contributed by atoms with E-state index in [2.05, 4.69) is 4.98 Å². The van der Waals surface area contributed by atoms with Crippen molar-refractivity contribution in [2.24, 2.45) is 5.41 Å². The second kappa shape index (κ2) is 10.4. The topological polar surface area (TPSA) is 103 Å². The lowest BCUT2D eigenvalue weighted by Gasteiger charge is -2.51. The van der Waals surface area contributed by atoms with Crippen LogP contribution in [0.2, 0.25) is 10.0 Å². The van der Waals surface area contributed by atoms with E-state index in [0.717, 1.165) is 6.07 Å². The van der Waals surface area contributed by atoms with Crippen molar-refractivity contribution < 1.29 is 29.2 Å². The zero-order valence-corrected chi connectivity index (χ0v) is 24.0. The number of aliphatic hydroxyl groups excluding tert-OH is 1. The highest BCUT2D eigenvalue weighted by Gasteiger charge is 2.65. The van der Waals surface area contributed by atoms with Gasteiger partial charge in [-0.25, -0.2) is 4.39 Å². The van der Waals surface area contributed by atoms with Gasteiger partial charge >= 0.3 is 0 Å². The molecule has 208 valence electrons. The van der Waals surface area contributed by atoms with Crippen molar-refractivity contribution in [3.05, 3.63) is 98.5 Å². The zero-order valence-electron chi connectivity index (χ0n) is 22.5. The molecule has 1 aliphatic heterocycles. The van der Waals surface area contributed by atoms with Gasteiger partial charge in [-0.05, 0) is 72.5 Å². The van der Waals surface area contributed by atoms with Gasteiger partial charge in [0.25, 0.3) is 5.91 Å². The van der Waals surface area contributed by atoms with Crippen LogP contribution in [-0.2, 0) is 22.6 Å². The summed E-state index contributed by atoms with van der Waals surface area (Å²) in [5.41, 5.74) is -5.64. The summed E-state index contributed by atoms with van der Waals surface area (Å²) in [6.45, 7) is 0.271. The number of pyridine rings is 1. The Labute approximate surface area is 258 Å². The number of amides is 1. The molecule has 0 saturated heterocycles. The molecule has 2 heterocycles. The molecule has 3 N–H and O–H groups in total. The average molecular weight is 601 g/mol. The van der Waals surface area contributed by atoms with E-state index in [4.69, 9.17) is 59.3 Å². The Morgan fingerprint density at radius 2 is 1.67 bits per heavy atom. The van der Waals surface area contributed by atoms with E-state index in [-0.39, 0.29) is 41.6 Å². The Hall–Kier alpha value is -2.33. The van der Waals surface area contributed by atoms with Gasteiger partial charge in [0, 0.05) is 22.2 Å². The Morgan fingerprint density at radius 3 is 2.19 bits per heavy atom. The first-order valence-corrected chi connectivity index (χ1v) is 13.7. The van der Waals surface area contributed by atoms with Gasteiger partial charge in [0.05, 0.1) is 50.7 Å². The highest BCUT2D eigenvalue weighted by Crippen LogP contribution is 2.61. The normalized spacial score (nSPS) is 21.2. The molecule has 2 aromatic carbocycles. The third-order valence-electron chi connectivity index (χ3n) is 8.14. The van der Waals surface area contributed by atoms with Crippen LogP contribution < -0.4 is 0 Å². The number of hydrogen-bond donors (Lipinski definition) is 3. The van der Waals surface area contributed by atoms with Crippen LogP contribution >= 0.6 is 23.2 Å². The monoisotopic (exact) mass is 600 g/mol. The van der Waals surface area contributed by atoms with E-state index >= 15 is 4.39 Å². The van der Waals surface area contributed by atoms with E-state index in [1.165, 1.54) is 48.4 Å². The molecule has 8 radical (unpaired) electrons. The summed E-state index contributed by atoms with van der Waals surface area (Å²) in [5, 5.41) is 27.1. The molecule has 1 aromatic heterocycles. The predicted octanol–water partition coefficient (Wildman–Crippen LogP) is 2.36. The molecule has 1 aliphatic carbocycles. The van der Waals surface area contributed by atoms with Crippen LogP contribution in [0.15, 0.2) is 54.7 Å². The summed E-state index contributed by atoms with van der Waals surface area (Å²) in [6.07, 6.45) is 1.71. The Kier molecular flexibility index (Phi) is 7.70. The quantitative estimate of drug-likeness (QED) is 0.326. The first-order chi connectivity index (χ1) is 19.5. The highest BCUT2D eigenvalue weighted by molar-refractivity contribution is 6.45. The molecular weight excluding hydrogens is 577 g/mol. The first kappa shape index (κ1) is 31.1. The van der Waals surface area contributed by atoms with Crippen molar-refractivity contribution in [3.63, 3.8) is 0 Å². The summed E-state index contributed by atoms with van der Waals surface area (Å²) in [4.78, 5) is 19.7. The van der Waals surface area contributed by atoms with Crippen molar-refractivity contribution >= 4 is 60.5 Å². The van der Waals surface area contributed by atoms with Crippen molar-refractivity contribution in [1.29, 1.82) is 0 Å². The second-order valence-corrected chi connectivity index (χ2v) is 12.0. The number of nitrogens with zero attached hydrogens (tertiary/aromatic N) is 2. The molecule has 5 rings (SSSR count). The molecule has 1 fully saturated rings. The standard InChI is InChI=1S/C28H23B4Cl2FN2O5/c1-24(40,14-38)16-10-20-22(21(35)11-16)26(15-2-4-17(33)5-3-15,42-28(31,32)25(8-9-25)27(29,30)41)37(23(20)39)13-19-7-6-18(34)12-36-19/h2-7,10-12,38,40-41H,8-9,13-14H2,1H3/t24?,26-/m1/s1. The lowest BCUT2D eigenvalue weighted by atomic mass is 9.43. The number of aliphatic hydroxyl groups is 3. The lowest BCUT2D eigenvalue weighted by molar-refractivity contribution is -0.169. The van der Waals surface area contributed by atoms with Crippen LogP contribution in [0.3, 0.4) is 0 Å². The van der Waals surface area contributed by atoms with Crippen molar-refractivity contribution in [1.82, 2.24) is 9.88 Å². The molecule has 1 saturated carbocycles. The molecule has 1 unspecified atom stereocenters. The van der Waals surface area contributed by atoms with Gasteiger partial charge < -0.3 is 20.1 Å². The van der Waals surface area contributed by atoms with Crippen LogP contribution in [0.5, 0.6) is 0 Å². The molecule has 42 heavy (non-hydrogen) atoms. The van der Waals surface area contributed by atoms with Crippen LogP contribution in [0, 0.1) is 11.2 Å². The van der Waals surface area contributed by atoms with Crippen molar-refractivity contribution in [3.8, 4) is 0 Å². The molecule has 7 nitrogen and oxygen atoms in total. The summed E-state index contributed by atoms with van der Waals surface area (Å²) < 4.78 is 22.9. The van der Waals surface area contributed by atoms with Crippen LogP contribution in [-0.4, -0.2) is 79.9 Å². The van der Waals surface area contributed by atoms with Crippen LogP contribution in [0.4, 0.5) is 4.39 Å². The fourth-order valence-corrected chi connectivity index (χ4v) is 5.74. The average Bonchev–Trinajstić information content (AvgIpc) is 3.72. The largest absolute Gasteiger partial charge is 0.409 e. The SMILES string of the molecule is [B]C([B])(O)C1(C([B])([B])O[C@]2(c3ccc(Cl)cc3)c3c(F)cc(C(C)(O)CO)cc3C(=O)N2Cc2ccc(Cl)cn2)CC1. The van der Waals surface area contributed by atoms with Gasteiger partial charge in [-0.2, -0.15) is 0 Å². The van der Waals surface area contributed by atoms with Gasteiger partial charge in [-0.1, -0.05) is 35.3 Å². The van der Waals surface area contributed by atoms with E-state index in [1.54, 1.807) is 12.1 Å². The maximum Gasteiger partial charge on any atom is 0.257 e. The number of carbonyl (C=O) groups is 1. The summed E-state index contributed by atoms with van der Waals surface area (Å²) in [6, 6.07) is 11.4.